The monoisotopic (exact) mass is 403 g/mol. The third-order valence-corrected chi connectivity index (χ3v) is 5.05. The number of carbonyl (C=O) groups is 3. The molecule has 0 spiro atoms. The zero-order valence-electron chi connectivity index (χ0n) is 15.7. The van der Waals surface area contributed by atoms with Crippen molar-refractivity contribution in [3.05, 3.63) is 41.0 Å². The summed E-state index contributed by atoms with van der Waals surface area (Å²) < 4.78 is 1.53. The van der Waals surface area contributed by atoms with Crippen LogP contribution in [0, 0.1) is 0 Å². The van der Waals surface area contributed by atoms with Gasteiger partial charge < -0.3 is 15.5 Å². The lowest BCUT2D eigenvalue weighted by Gasteiger charge is -2.23. The van der Waals surface area contributed by atoms with Crippen LogP contribution in [0.1, 0.15) is 23.2 Å². The van der Waals surface area contributed by atoms with Gasteiger partial charge in [-0.2, -0.15) is 5.10 Å². The lowest BCUT2D eigenvalue weighted by molar-refractivity contribution is -0.137. The van der Waals surface area contributed by atoms with Gasteiger partial charge in [0.25, 0.3) is 5.91 Å². The molecule has 2 N–H and O–H groups in total. The summed E-state index contributed by atoms with van der Waals surface area (Å²) >= 11 is 6.24. The molecule has 1 unspecified atom stereocenters. The van der Waals surface area contributed by atoms with E-state index in [9.17, 15) is 14.4 Å². The summed E-state index contributed by atoms with van der Waals surface area (Å²) in [7, 11) is 3.25. The van der Waals surface area contributed by atoms with E-state index in [1.165, 1.54) is 9.58 Å². The minimum Gasteiger partial charge on any atom is -0.357 e. The average Bonchev–Trinajstić information content (AvgIpc) is 3.32. The van der Waals surface area contributed by atoms with Crippen LogP contribution in [0.4, 0.5) is 0 Å². The van der Waals surface area contributed by atoms with Crippen molar-refractivity contribution in [2.75, 3.05) is 20.1 Å². The molecule has 3 rings (SSSR count). The Hall–Kier alpha value is -2.87. The molecule has 9 heteroatoms. The Bertz CT molecular complexity index is 911. The quantitative estimate of drug-likeness (QED) is 0.784. The van der Waals surface area contributed by atoms with Crippen LogP contribution in [0.25, 0.3) is 11.3 Å². The van der Waals surface area contributed by atoms with E-state index in [1.54, 1.807) is 38.5 Å². The number of aryl methyl sites for hydroxylation is 1. The highest BCUT2D eigenvalue weighted by atomic mass is 35.5. The number of rotatable bonds is 5. The van der Waals surface area contributed by atoms with E-state index in [1.807, 2.05) is 6.07 Å². The van der Waals surface area contributed by atoms with Gasteiger partial charge in [0.05, 0.1) is 17.1 Å². The van der Waals surface area contributed by atoms with Crippen molar-refractivity contribution >= 4 is 29.3 Å². The Labute approximate surface area is 167 Å². The number of nitrogens with zero attached hydrogens (tertiary/aromatic N) is 3. The van der Waals surface area contributed by atoms with Crippen LogP contribution in [-0.2, 0) is 16.6 Å². The number of carbonyl (C=O) groups excluding carboxylic acids is 3. The number of halogens is 1. The fourth-order valence-electron chi connectivity index (χ4n) is 3.36. The third-order valence-electron chi connectivity index (χ3n) is 4.72. The van der Waals surface area contributed by atoms with E-state index in [0.29, 0.717) is 34.8 Å². The summed E-state index contributed by atoms with van der Waals surface area (Å²) in [5, 5.41) is 10.0. The number of amides is 3. The topological polar surface area (TPSA) is 96.3 Å². The fourth-order valence-corrected chi connectivity index (χ4v) is 3.59. The van der Waals surface area contributed by atoms with Crippen molar-refractivity contribution in [3.63, 3.8) is 0 Å². The predicted molar refractivity (Wildman–Crippen MR) is 105 cm³/mol. The van der Waals surface area contributed by atoms with Crippen LogP contribution < -0.4 is 10.6 Å². The summed E-state index contributed by atoms with van der Waals surface area (Å²) in [6.45, 7) is 0.313. The number of benzene rings is 1. The van der Waals surface area contributed by atoms with Gasteiger partial charge >= 0.3 is 0 Å². The van der Waals surface area contributed by atoms with Crippen LogP contribution in [0.5, 0.6) is 0 Å². The Balaban J connectivity index is 1.72. The van der Waals surface area contributed by atoms with Gasteiger partial charge in [0, 0.05) is 32.4 Å². The SMILES string of the molecule is CNC(=O)C1CCCN1C(=O)CNC(=O)c1cn(C)nc1-c1ccccc1Cl. The highest BCUT2D eigenvalue weighted by Gasteiger charge is 2.33. The van der Waals surface area contributed by atoms with Crippen LogP contribution in [-0.4, -0.2) is 58.6 Å². The molecule has 1 fully saturated rings. The molecular weight excluding hydrogens is 382 g/mol. The van der Waals surface area contributed by atoms with Crippen LogP contribution in [0.3, 0.4) is 0 Å². The van der Waals surface area contributed by atoms with E-state index in [0.717, 1.165) is 6.42 Å². The molecule has 1 saturated heterocycles. The zero-order chi connectivity index (χ0) is 20.3. The maximum Gasteiger partial charge on any atom is 0.255 e. The molecule has 0 aliphatic carbocycles. The number of hydrogen-bond donors (Lipinski definition) is 2. The molecule has 0 saturated carbocycles. The maximum absolute atomic E-state index is 12.7. The second kappa shape index (κ2) is 8.43. The number of hydrogen-bond acceptors (Lipinski definition) is 4. The van der Waals surface area contributed by atoms with Gasteiger partial charge in [-0.25, -0.2) is 0 Å². The van der Waals surface area contributed by atoms with E-state index in [-0.39, 0.29) is 18.4 Å². The molecule has 3 amide bonds. The Morgan fingerprint density at radius 2 is 2.04 bits per heavy atom. The van der Waals surface area contributed by atoms with Crippen molar-refractivity contribution < 1.29 is 14.4 Å². The van der Waals surface area contributed by atoms with Gasteiger partial charge in [-0.1, -0.05) is 29.8 Å². The molecule has 28 heavy (non-hydrogen) atoms. The largest absolute Gasteiger partial charge is 0.357 e. The van der Waals surface area contributed by atoms with E-state index in [4.69, 9.17) is 11.6 Å². The molecule has 2 heterocycles. The molecule has 1 aromatic carbocycles. The number of likely N-dealkylation sites (N-methyl/N-ethyl adjacent to an activating group) is 1. The first-order valence-corrected chi connectivity index (χ1v) is 9.38. The van der Waals surface area contributed by atoms with Gasteiger partial charge in [0.2, 0.25) is 11.8 Å². The van der Waals surface area contributed by atoms with Crippen molar-refractivity contribution in [1.82, 2.24) is 25.3 Å². The first-order chi connectivity index (χ1) is 13.4. The molecule has 1 aromatic heterocycles. The van der Waals surface area contributed by atoms with Crippen LogP contribution in [0.2, 0.25) is 5.02 Å². The normalized spacial score (nSPS) is 16.1. The van der Waals surface area contributed by atoms with E-state index in [2.05, 4.69) is 15.7 Å². The third kappa shape index (κ3) is 4.01. The summed E-state index contributed by atoms with van der Waals surface area (Å²) in [5.74, 6) is -0.903. The molecular formula is C19H22ClN5O3. The Kier molecular flexibility index (Phi) is 5.99. The van der Waals surface area contributed by atoms with Gasteiger partial charge in [-0.3, -0.25) is 19.1 Å². The van der Waals surface area contributed by atoms with Gasteiger partial charge in [-0.15, -0.1) is 0 Å². The van der Waals surface area contributed by atoms with Crippen molar-refractivity contribution in [2.45, 2.75) is 18.9 Å². The summed E-state index contributed by atoms with van der Waals surface area (Å²) in [6, 6.07) is 6.64. The smallest absolute Gasteiger partial charge is 0.255 e. The fraction of sp³-hybridized carbons (Fsp3) is 0.368. The molecule has 1 atom stereocenters. The van der Waals surface area contributed by atoms with Crippen LogP contribution in [0.15, 0.2) is 30.5 Å². The molecule has 2 aromatic rings. The minimum absolute atomic E-state index is 0.189. The predicted octanol–water partition coefficient (Wildman–Crippen LogP) is 1.21. The Morgan fingerprint density at radius 3 is 2.75 bits per heavy atom. The molecule has 148 valence electrons. The minimum atomic E-state index is -0.480. The highest BCUT2D eigenvalue weighted by Crippen LogP contribution is 2.29. The maximum atomic E-state index is 12.7. The van der Waals surface area contributed by atoms with Crippen molar-refractivity contribution in [2.24, 2.45) is 7.05 Å². The first kappa shape index (κ1) is 19.9. The van der Waals surface area contributed by atoms with Crippen molar-refractivity contribution in [1.29, 1.82) is 0 Å². The average molecular weight is 404 g/mol. The summed E-state index contributed by atoms with van der Waals surface area (Å²) in [6.07, 6.45) is 2.97. The first-order valence-electron chi connectivity index (χ1n) is 9.00. The van der Waals surface area contributed by atoms with Gasteiger partial charge in [0.1, 0.15) is 11.7 Å². The standard InChI is InChI=1S/C19H22ClN5O3/c1-21-19(28)15-8-5-9-25(15)16(26)10-22-18(27)13-11-24(2)23-17(13)12-6-3-4-7-14(12)20/h3-4,6-7,11,15H,5,8-10H2,1-2H3,(H,21,28)(H,22,27). The van der Waals surface area contributed by atoms with Crippen LogP contribution >= 0.6 is 11.6 Å². The lowest BCUT2D eigenvalue weighted by Crippen LogP contribution is -2.48. The van der Waals surface area contributed by atoms with E-state index < -0.39 is 11.9 Å². The molecule has 0 radical (unpaired) electrons. The molecule has 0 bridgehead atoms. The van der Waals surface area contributed by atoms with Crippen molar-refractivity contribution in [3.8, 4) is 11.3 Å². The molecule has 1 aliphatic rings. The highest BCUT2D eigenvalue weighted by molar-refractivity contribution is 6.33. The van der Waals surface area contributed by atoms with E-state index >= 15 is 0 Å². The second-order valence-electron chi connectivity index (χ2n) is 6.59. The molecule has 8 nitrogen and oxygen atoms in total. The zero-order valence-corrected chi connectivity index (χ0v) is 16.5. The lowest BCUT2D eigenvalue weighted by atomic mass is 10.1. The Morgan fingerprint density at radius 1 is 1.29 bits per heavy atom. The second-order valence-corrected chi connectivity index (χ2v) is 6.99. The molecule has 1 aliphatic heterocycles. The number of likely N-dealkylation sites (tertiary alicyclic amines) is 1. The number of nitrogens with one attached hydrogen (secondary N) is 2. The van der Waals surface area contributed by atoms with Gasteiger partial charge in [0.15, 0.2) is 0 Å². The summed E-state index contributed by atoms with van der Waals surface area (Å²) in [5.41, 5.74) is 1.41. The number of aromatic nitrogens is 2. The summed E-state index contributed by atoms with van der Waals surface area (Å²) in [4.78, 5) is 38.6. The van der Waals surface area contributed by atoms with Gasteiger partial charge in [-0.05, 0) is 18.9 Å².